The lowest BCUT2D eigenvalue weighted by molar-refractivity contribution is -0.121. The highest BCUT2D eigenvalue weighted by molar-refractivity contribution is 5.79. The van der Waals surface area contributed by atoms with Crippen LogP contribution in [0.25, 0.3) is 0 Å². The molecule has 2 nitrogen and oxygen atoms in total. The van der Waals surface area contributed by atoms with E-state index in [9.17, 15) is 4.79 Å². The van der Waals surface area contributed by atoms with E-state index in [2.05, 4.69) is 0 Å². The number of hydrogen-bond acceptors (Lipinski definition) is 2. The molecule has 1 saturated heterocycles. The molecule has 0 amide bonds. The van der Waals surface area contributed by atoms with E-state index in [1.165, 1.54) is 0 Å². The van der Waals surface area contributed by atoms with E-state index in [1.807, 2.05) is 4.90 Å². The third kappa shape index (κ3) is 1.30. The molecule has 1 fully saturated rings. The topological polar surface area (TPSA) is 20.3 Å². The fraction of sp³-hybridized carbons (Fsp3) is 0.833. The zero-order valence-corrected chi connectivity index (χ0v) is 4.89. The van der Waals surface area contributed by atoms with Crippen LogP contribution in [0.15, 0.2) is 0 Å². The van der Waals surface area contributed by atoms with E-state index in [0.717, 1.165) is 13.1 Å². The van der Waals surface area contributed by atoms with Crippen molar-refractivity contribution in [1.29, 1.82) is 0 Å². The van der Waals surface area contributed by atoms with Crippen molar-refractivity contribution in [3.05, 3.63) is 0 Å². The molecule has 1 aliphatic rings. The first-order valence-electron chi connectivity index (χ1n) is 3.57. The second kappa shape index (κ2) is 2.27. The predicted molar refractivity (Wildman–Crippen MR) is 31.7 cm³/mol. The summed E-state index contributed by atoms with van der Waals surface area (Å²) in [5.74, 6) is 0.347. The minimum absolute atomic E-state index is 0.341. The Hall–Kier alpha value is -0.370. The molecule has 46 valence electrons. The highest BCUT2D eigenvalue weighted by Crippen LogP contribution is 2.01. The highest BCUT2D eigenvalue weighted by Gasteiger charge is 2.10. The summed E-state index contributed by atoms with van der Waals surface area (Å²) in [5.41, 5.74) is 0. The number of ketones is 1. The van der Waals surface area contributed by atoms with Gasteiger partial charge in [-0.2, -0.15) is 0 Å². The molecule has 0 aliphatic carbocycles. The second-order valence-corrected chi connectivity index (χ2v) is 2.16. The summed E-state index contributed by atoms with van der Waals surface area (Å²) in [6.45, 7) is 1.59. The standard InChI is InChI=1S/C6H11NO/c1-7-4-2-6(8)3-5-7/h2-5H2,1H3/i1D. The normalized spacial score (nSPS) is 25.5. The lowest BCUT2D eigenvalue weighted by Gasteiger charge is -2.19. The van der Waals surface area contributed by atoms with Crippen LogP contribution in [0.4, 0.5) is 0 Å². The largest absolute Gasteiger partial charge is 0.305 e. The van der Waals surface area contributed by atoms with Gasteiger partial charge in [0.1, 0.15) is 5.78 Å². The van der Waals surface area contributed by atoms with Gasteiger partial charge in [-0.1, -0.05) is 0 Å². The molecule has 0 aromatic rings. The van der Waals surface area contributed by atoms with Gasteiger partial charge in [0.05, 0.1) is 0 Å². The maximum absolute atomic E-state index is 10.6. The van der Waals surface area contributed by atoms with Crippen molar-refractivity contribution in [2.75, 3.05) is 20.1 Å². The third-order valence-corrected chi connectivity index (χ3v) is 1.41. The van der Waals surface area contributed by atoms with Crippen LogP contribution in [0, 0.1) is 0 Å². The van der Waals surface area contributed by atoms with E-state index in [-0.39, 0.29) is 0 Å². The van der Waals surface area contributed by atoms with Crippen LogP contribution in [0.3, 0.4) is 0 Å². The molecular weight excluding hydrogens is 102 g/mol. The zero-order valence-electron chi connectivity index (χ0n) is 5.89. The quantitative estimate of drug-likeness (QED) is 0.451. The van der Waals surface area contributed by atoms with Crippen LogP contribution < -0.4 is 0 Å². The maximum atomic E-state index is 10.6. The van der Waals surface area contributed by atoms with Gasteiger partial charge in [0.25, 0.3) is 0 Å². The van der Waals surface area contributed by atoms with Crippen LogP contribution >= 0.6 is 0 Å². The second-order valence-electron chi connectivity index (χ2n) is 2.16. The number of carbonyl (C=O) groups is 1. The van der Waals surface area contributed by atoms with Gasteiger partial charge in [0.15, 0.2) is 0 Å². The zero-order chi connectivity index (χ0) is 6.69. The van der Waals surface area contributed by atoms with Crippen molar-refractivity contribution in [1.82, 2.24) is 4.90 Å². The van der Waals surface area contributed by atoms with Crippen LogP contribution in [-0.2, 0) is 4.79 Å². The number of piperidine rings is 1. The summed E-state index contributed by atoms with van der Waals surface area (Å²) >= 11 is 0. The Morgan fingerprint density at radius 3 is 2.75 bits per heavy atom. The molecule has 1 heterocycles. The van der Waals surface area contributed by atoms with Gasteiger partial charge < -0.3 is 4.90 Å². The molecule has 0 saturated carbocycles. The monoisotopic (exact) mass is 114 g/mol. The summed E-state index contributed by atoms with van der Waals surface area (Å²) in [7, 11) is 0.341. The third-order valence-electron chi connectivity index (χ3n) is 1.41. The average molecular weight is 114 g/mol. The Morgan fingerprint density at radius 1 is 1.62 bits per heavy atom. The summed E-state index contributed by atoms with van der Waals surface area (Å²) in [6, 6.07) is 0. The Morgan fingerprint density at radius 2 is 2.25 bits per heavy atom. The lowest BCUT2D eigenvalue weighted by atomic mass is 10.1. The molecule has 0 N–H and O–H groups in total. The fourth-order valence-electron chi connectivity index (χ4n) is 0.802. The average Bonchev–Trinajstić information content (AvgIpc) is 1.90. The van der Waals surface area contributed by atoms with Gasteiger partial charge in [0.2, 0.25) is 0 Å². The summed E-state index contributed by atoms with van der Waals surface area (Å²) in [6.07, 6.45) is 1.30. The van der Waals surface area contributed by atoms with Crippen LogP contribution in [0.2, 0.25) is 0 Å². The van der Waals surface area contributed by atoms with Crippen LogP contribution in [-0.4, -0.2) is 30.8 Å². The molecule has 8 heavy (non-hydrogen) atoms. The van der Waals surface area contributed by atoms with Crippen molar-refractivity contribution in [3.8, 4) is 0 Å². The number of likely N-dealkylation sites (tertiary alicyclic amines) is 1. The predicted octanol–water partition coefficient (Wildman–Crippen LogP) is 0.281. The minimum atomic E-state index is 0.341. The van der Waals surface area contributed by atoms with Crippen molar-refractivity contribution in [2.45, 2.75) is 12.8 Å². The number of nitrogens with zero attached hydrogens (tertiary/aromatic N) is 1. The van der Waals surface area contributed by atoms with Gasteiger partial charge >= 0.3 is 0 Å². The molecule has 1 rings (SSSR count). The molecule has 0 radical (unpaired) electrons. The first-order chi connectivity index (χ1) is 4.33. The fourth-order valence-corrected chi connectivity index (χ4v) is 0.802. The summed E-state index contributed by atoms with van der Waals surface area (Å²) in [4.78, 5) is 12.6. The van der Waals surface area contributed by atoms with E-state index < -0.39 is 0 Å². The van der Waals surface area contributed by atoms with Crippen molar-refractivity contribution in [3.63, 3.8) is 0 Å². The summed E-state index contributed by atoms with van der Waals surface area (Å²) < 4.78 is 6.98. The number of Topliss-reactive ketones (excluding diaryl/α,β-unsaturated/α-hetero) is 1. The Bertz CT molecular complexity index is 106. The molecule has 0 aromatic heterocycles. The van der Waals surface area contributed by atoms with Crippen LogP contribution in [0.5, 0.6) is 0 Å². The Balaban J connectivity index is 2.26. The van der Waals surface area contributed by atoms with E-state index in [4.69, 9.17) is 1.37 Å². The van der Waals surface area contributed by atoms with Gasteiger partial charge in [-0.25, -0.2) is 0 Å². The van der Waals surface area contributed by atoms with Gasteiger partial charge in [-0.3, -0.25) is 4.79 Å². The molecule has 2 heteroatoms. The SMILES string of the molecule is [2H]CN1CCC(=O)CC1. The molecule has 0 atom stereocenters. The van der Waals surface area contributed by atoms with Crippen molar-refractivity contribution >= 4 is 5.78 Å². The van der Waals surface area contributed by atoms with Crippen molar-refractivity contribution in [2.24, 2.45) is 0 Å². The smallest absolute Gasteiger partial charge is 0.135 e. The van der Waals surface area contributed by atoms with E-state index in [1.54, 1.807) is 0 Å². The van der Waals surface area contributed by atoms with Crippen molar-refractivity contribution < 1.29 is 6.17 Å². The highest BCUT2D eigenvalue weighted by atomic mass is 16.1. The van der Waals surface area contributed by atoms with Gasteiger partial charge in [-0.05, 0) is 7.02 Å². The first-order valence-corrected chi connectivity index (χ1v) is 2.86. The Kier molecular flexibility index (Phi) is 1.28. The molecular formula is C6H11NO. The molecule has 0 spiro atoms. The van der Waals surface area contributed by atoms with Crippen LogP contribution in [0.1, 0.15) is 14.2 Å². The Labute approximate surface area is 50.9 Å². The molecule has 0 aromatic carbocycles. The number of hydrogen-bond donors (Lipinski definition) is 0. The lowest BCUT2D eigenvalue weighted by Crippen LogP contribution is -2.29. The summed E-state index contributed by atoms with van der Waals surface area (Å²) in [5, 5.41) is 0. The number of carbonyl (C=O) groups excluding carboxylic acids is 1. The molecule has 0 unspecified atom stereocenters. The number of rotatable bonds is 0. The van der Waals surface area contributed by atoms with Gasteiger partial charge in [0, 0.05) is 27.3 Å². The first kappa shape index (κ1) is 4.50. The minimum Gasteiger partial charge on any atom is -0.305 e. The molecule has 1 aliphatic heterocycles. The maximum Gasteiger partial charge on any atom is 0.135 e. The van der Waals surface area contributed by atoms with E-state index in [0.29, 0.717) is 25.6 Å². The molecule has 0 bridgehead atoms. The van der Waals surface area contributed by atoms with E-state index >= 15 is 0 Å². The van der Waals surface area contributed by atoms with Gasteiger partial charge in [-0.15, -0.1) is 0 Å².